The zero-order valence-corrected chi connectivity index (χ0v) is 12.6. The molecule has 0 aliphatic carbocycles. The van der Waals surface area contributed by atoms with E-state index in [-0.39, 0.29) is 5.96 Å². The molecule has 8 nitrogen and oxygen atoms in total. The van der Waals surface area contributed by atoms with E-state index in [1.54, 1.807) is 18.3 Å². The smallest absolute Gasteiger partial charge is 0.256 e. The van der Waals surface area contributed by atoms with Crippen LogP contribution in [-0.4, -0.2) is 32.4 Å². The zero-order valence-electron chi connectivity index (χ0n) is 11.8. The maximum Gasteiger partial charge on any atom is 0.256 e. The van der Waals surface area contributed by atoms with Crippen LogP contribution in [-0.2, 0) is 4.79 Å². The molecule has 0 saturated carbocycles. The SMILES string of the molecule is CC(=O)[O-].COc1ccc(/[14CH]=[NH+]/N=C(N)N)c(Cl)c1OC. The van der Waals surface area contributed by atoms with Gasteiger partial charge in [-0.1, -0.05) is 11.6 Å². The van der Waals surface area contributed by atoms with Crippen LogP contribution in [0.15, 0.2) is 17.2 Å². The lowest BCUT2D eigenvalue weighted by Gasteiger charge is -2.09. The number of hydrogen-bond donors (Lipinski definition) is 3. The third-order valence-corrected chi connectivity index (χ3v) is 2.32. The van der Waals surface area contributed by atoms with E-state index in [2.05, 4.69) is 10.2 Å². The highest BCUT2D eigenvalue weighted by Crippen LogP contribution is 2.36. The number of aliphatic carboxylic acids is 1. The van der Waals surface area contributed by atoms with Gasteiger partial charge in [-0.15, -0.1) is 5.10 Å². The van der Waals surface area contributed by atoms with Gasteiger partial charge in [0.05, 0.1) is 24.8 Å². The molecule has 5 N–H and O–H groups in total. The fourth-order valence-corrected chi connectivity index (χ4v) is 1.48. The molecule has 0 heterocycles. The minimum absolute atomic E-state index is 0.0714. The average Bonchev–Trinajstić information content (AvgIpc) is 2.39. The number of benzene rings is 1. The van der Waals surface area contributed by atoms with Crippen molar-refractivity contribution < 1.29 is 24.5 Å². The number of hydrogen-bond acceptors (Lipinski definition) is 5. The van der Waals surface area contributed by atoms with Gasteiger partial charge in [-0.25, -0.2) is 0 Å². The van der Waals surface area contributed by atoms with Crippen LogP contribution >= 0.6 is 11.6 Å². The van der Waals surface area contributed by atoms with Gasteiger partial charge in [0, 0.05) is 11.1 Å². The monoisotopic (exact) mass is 318 g/mol. The van der Waals surface area contributed by atoms with E-state index in [0.29, 0.717) is 22.1 Å². The minimum atomic E-state index is -1.08. The van der Waals surface area contributed by atoms with Gasteiger partial charge in [0.2, 0.25) is 6.21 Å². The summed E-state index contributed by atoms with van der Waals surface area (Å²) >= 11 is 6.12. The molecule has 0 aromatic heterocycles. The standard InChI is InChI=1S/C10H13ClN4O2.C2H4O2/c1-16-7-4-3-6(5-14-15-10(12)13)8(11)9(7)17-2;1-2(3)4/h3-5H,1-2H3,(H4,12,13,15);1H3,(H,3,4)/b14-5+;/i5+2;. The molecular weight excluding hydrogens is 302 g/mol. The summed E-state index contributed by atoms with van der Waals surface area (Å²) in [7, 11) is 3.05. The molecule has 0 aliphatic heterocycles. The normalized spacial score (nSPS) is 9.52. The fourth-order valence-electron chi connectivity index (χ4n) is 1.19. The number of nitrogens with one attached hydrogen (secondary N) is 1. The molecule has 9 heteroatoms. The molecule has 0 unspecified atom stereocenters. The lowest BCUT2D eigenvalue weighted by atomic mass is 10.3. The van der Waals surface area contributed by atoms with Crippen LogP contribution in [0, 0.1) is 0 Å². The Morgan fingerprint density at radius 3 is 2.38 bits per heavy atom. The Balaban J connectivity index is 0.000000885. The second-order valence-corrected chi connectivity index (χ2v) is 3.88. The summed E-state index contributed by atoms with van der Waals surface area (Å²) in [6.07, 6.45) is 1.55. The summed E-state index contributed by atoms with van der Waals surface area (Å²) in [5.74, 6) is -0.149. The number of guanidine groups is 1. The first kappa shape index (κ1) is 18.5. The molecule has 0 fully saturated rings. The molecular formula is C12H17ClN4O4. The van der Waals surface area contributed by atoms with Gasteiger partial charge < -0.3 is 30.8 Å². The van der Waals surface area contributed by atoms with Crippen molar-refractivity contribution in [3.05, 3.63) is 22.7 Å². The van der Waals surface area contributed by atoms with Crippen molar-refractivity contribution in [2.45, 2.75) is 6.92 Å². The summed E-state index contributed by atoms with van der Waals surface area (Å²) < 4.78 is 10.2. The van der Waals surface area contributed by atoms with Crippen molar-refractivity contribution in [3.8, 4) is 11.5 Å². The molecule has 21 heavy (non-hydrogen) atoms. The summed E-state index contributed by atoms with van der Waals surface area (Å²) in [5.41, 5.74) is 11.0. The van der Waals surface area contributed by atoms with Crippen molar-refractivity contribution in [2.24, 2.45) is 16.6 Å². The number of rotatable bonds is 4. The van der Waals surface area contributed by atoms with E-state index < -0.39 is 5.97 Å². The van der Waals surface area contributed by atoms with Crippen molar-refractivity contribution in [3.63, 3.8) is 0 Å². The quantitative estimate of drug-likeness (QED) is 0.327. The molecule has 0 radical (unpaired) electrons. The van der Waals surface area contributed by atoms with Crippen molar-refractivity contribution in [1.82, 2.24) is 0 Å². The van der Waals surface area contributed by atoms with Crippen LogP contribution in [0.4, 0.5) is 0 Å². The maximum absolute atomic E-state index is 8.89. The number of carbonyl (C=O) groups excluding carboxylic acids is 1. The molecule has 0 aliphatic rings. The highest BCUT2D eigenvalue weighted by atomic mass is 35.5. The Kier molecular flexibility index (Phi) is 8.31. The number of ether oxygens (including phenoxy) is 2. The fraction of sp³-hybridized carbons (Fsp3) is 0.250. The molecule has 1 aromatic rings. The molecule has 0 amide bonds. The molecule has 0 saturated heterocycles. The second kappa shape index (κ2) is 9.43. The van der Waals surface area contributed by atoms with Crippen molar-refractivity contribution in [1.29, 1.82) is 0 Å². The molecule has 0 spiro atoms. The highest BCUT2D eigenvalue weighted by molar-refractivity contribution is 6.34. The summed E-state index contributed by atoms with van der Waals surface area (Å²) in [4.78, 5) is 8.89. The molecule has 1 aromatic carbocycles. The van der Waals surface area contributed by atoms with Crippen molar-refractivity contribution in [2.75, 3.05) is 14.2 Å². The Morgan fingerprint density at radius 2 is 1.95 bits per heavy atom. The molecule has 0 bridgehead atoms. The van der Waals surface area contributed by atoms with E-state index in [0.717, 1.165) is 6.92 Å². The molecule has 116 valence electrons. The van der Waals surface area contributed by atoms with Crippen LogP contribution in [0.5, 0.6) is 11.5 Å². The number of carboxylic acid groups (broad SMARTS) is 1. The lowest BCUT2D eigenvalue weighted by Crippen LogP contribution is -2.63. The van der Waals surface area contributed by atoms with Gasteiger partial charge in [-0.2, -0.15) is 0 Å². The Morgan fingerprint density at radius 1 is 1.38 bits per heavy atom. The number of halogens is 1. The topological polar surface area (TPSA) is 137 Å². The molecule has 0 atom stereocenters. The predicted octanol–water partition coefficient (Wildman–Crippen LogP) is -2.20. The number of nitrogens with two attached hydrogens (primary N) is 2. The van der Waals surface area contributed by atoms with Gasteiger partial charge in [0.15, 0.2) is 11.5 Å². The van der Waals surface area contributed by atoms with E-state index in [1.807, 2.05) is 0 Å². The first-order chi connectivity index (χ1) is 9.83. The zero-order chi connectivity index (χ0) is 16.4. The minimum Gasteiger partial charge on any atom is -0.550 e. The molecule has 1 rings (SSSR count). The highest BCUT2D eigenvalue weighted by Gasteiger charge is 2.13. The van der Waals surface area contributed by atoms with Crippen LogP contribution in [0.2, 0.25) is 5.02 Å². The van der Waals surface area contributed by atoms with Crippen LogP contribution in [0.1, 0.15) is 12.5 Å². The number of carbonyl (C=O) groups is 1. The first-order valence-electron chi connectivity index (χ1n) is 5.58. The van der Waals surface area contributed by atoms with Gasteiger partial charge in [-0.05, 0) is 19.1 Å². The Labute approximate surface area is 127 Å². The Bertz CT molecular complexity index is 538. The summed E-state index contributed by atoms with van der Waals surface area (Å²) in [6, 6.07) is 3.48. The average molecular weight is 319 g/mol. The first-order valence-corrected chi connectivity index (χ1v) is 5.96. The summed E-state index contributed by atoms with van der Waals surface area (Å²) in [5, 5.41) is 15.5. The summed E-state index contributed by atoms with van der Waals surface area (Å²) in [6.45, 7) is 0.972. The van der Waals surface area contributed by atoms with E-state index >= 15 is 0 Å². The van der Waals surface area contributed by atoms with E-state index in [1.165, 1.54) is 14.2 Å². The lowest BCUT2D eigenvalue weighted by molar-refractivity contribution is -0.456. The number of methoxy groups -OCH3 is 2. The van der Waals surface area contributed by atoms with Crippen LogP contribution in [0.3, 0.4) is 0 Å². The number of carboxylic acids is 1. The van der Waals surface area contributed by atoms with Gasteiger partial charge >= 0.3 is 0 Å². The van der Waals surface area contributed by atoms with Crippen molar-refractivity contribution >= 4 is 29.7 Å². The third-order valence-electron chi connectivity index (χ3n) is 1.93. The van der Waals surface area contributed by atoms with Gasteiger partial charge in [-0.3, -0.25) is 0 Å². The van der Waals surface area contributed by atoms with Crippen LogP contribution < -0.4 is 31.1 Å². The van der Waals surface area contributed by atoms with Gasteiger partial charge in [0.1, 0.15) is 0 Å². The number of hydrazone groups is 1. The maximum atomic E-state index is 8.89. The van der Waals surface area contributed by atoms with E-state index in [4.69, 9.17) is 42.4 Å². The second-order valence-electron chi connectivity index (χ2n) is 3.51. The van der Waals surface area contributed by atoms with Crippen LogP contribution in [0.25, 0.3) is 0 Å². The Hall–Kier alpha value is -2.48. The van der Waals surface area contributed by atoms with Gasteiger partial charge in [0.25, 0.3) is 5.96 Å². The predicted molar refractivity (Wildman–Crippen MR) is 77.2 cm³/mol. The third kappa shape index (κ3) is 7.02. The largest absolute Gasteiger partial charge is 0.550 e. The number of nitrogens with zero attached hydrogens (tertiary/aromatic N) is 1. The van der Waals surface area contributed by atoms with E-state index in [9.17, 15) is 0 Å².